The number of Topliss-reactive ketones (excluding diaryl/α,β-unsaturated/α-hetero) is 1. The number of ether oxygens (including phenoxy) is 1. The summed E-state index contributed by atoms with van der Waals surface area (Å²) in [6.45, 7) is 4.02. The lowest BCUT2D eigenvalue weighted by atomic mass is 9.69. The van der Waals surface area contributed by atoms with Gasteiger partial charge < -0.3 is 9.84 Å². The third kappa shape index (κ3) is 3.74. The van der Waals surface area contributed by atoms with Crippen molar-refractivity contribution in [2.45, 2.75) is 39.0 Å². The number of carboxylic acid groups (broad SMARTS) is 1. The summed E-state index contributed by atoms with van der Waals surface area (Å²) in [7, 11) is 1.58. The first-order chi connectivity index (χ1) is 14.7. The normalized spacial score (nSPS) is 20.5. The van der Waals surface area contributed by atoms with Gasteiger partial charge >= 0.3 is 5.97 Å². The average molecular weight is 419 g/mol. The molecule has 0 aromatic heterocycles. The van der Waals surface area contributed by atoms with Gasteiger partial charge in [-0.2, -0.15) is 0 Å². The van der Waals surface area contributed by atoms with Gasteiger partial charge in [-0.1, -0.05) is 38.1 Å². The highest BCUT2D eigenvalue weighted by molar-refractivity contribution is 6.08. The number of methoxy groups -OCH3 is 1. The molecule has 160 valence electrons. The van der Waals surface area contributed by atoms with Gasteiger partial charge in [-0.25, -0.2) is 4.79 Å². The molecule has 6 heteroatoms. The Hall–Kier alpha value is -3.41. The summed E-state index contributed by atoms with van der Waals surface area (Å²) in [6.07, 6.45) is 1.06. The minimum Gasteiger partial charge on any atom is -0.496 e. The molecule has 6 nitrogen and oxygen atoms in total. The van der Waals surface area contributed by atoms with Crippen LogP contribution in [-0.2, 0) is 9.59 Å². The third-order valence-corrected chi connectivity index (χ3v) is 6.01. The molecule has 4 rings (SSSR count). The highest BCUT2D eigenvalue weighted by Crippen LogP contribution is 2.49. The number of aromatic carboxylic acids is 1. The molecule has 1 unspecified atom stereocenters. The summed E-state index contributed by atoms with van der Waals surface area (Å²) >= 11 is 0. The van der Waals surface area contributed by atoms with Crippen LogP contribution < -0.4 is 9.64 Å². The lowest BCUT2D eigenvalue weighted by Crippen LogP contribution is -2.43. The Balaban J connectivity index is 1.92. The summed E-state index contributed by atoms with van der Waals surface area (Å²) in [5, 5.41) is 9.40. The average Bonchev–Trinajstić information content (AvgIpc) is 2.72. The monoisotopic (exact) mass is 419 g/mol. The van der Waals surface area contributed by atoms with Gasteiger partial charge in [0, 0.05) is 41.3 Å². The van der Waals surface area contributed by atoms with Gasteiger partial charge in [0.25, 0.3) is 0 Å². The molecule has 1 N–H and O–H groups in total. The van der Waals surface area contributed by atoms with E-state index in [2.05, 4.69) is 0 Å². The van der Waals surface area contributed by atoms with Crippen LogP contribution in [0.3, 0.4) is 0 Å². The predicted octanol–water partition coefficient (Wildman–Crippen LogP) is 4.56. The number of hydrogen-bond acceptors (Lipinski definition) is 4. The molecule has 0 saturated heterocycles. The number of anilines is 1. The van der Waals surface area contributed by atoms with E-state index in [9.17, 15) is 19.5 Å². The van der Waals surface area contributed by atoms with Crippen LogP contribution in [-0.4, -0.2) is 29.9 Å². The zero-order valence-electron chi connectivity index (χ0n) is 17.8. The Labute approximate surface area is 181 Å². The lowest BCUT2D eigenvalue weighted by molar-refractivity contribution is -0.121. The first kappa shape index (κ1) is 20.8. The van der Waals surface area contributed by atoms with Gasteiger partial charge in [0.2, 0.25) is 5.91 Å². The largest absolute Gasteiger partial charge is 0.496 e. The fourth-order valence-electron chi connectivity index (χ4n) is 4.71. The number of carbonyl (C=O) groups is 3. The minimum atomic E-state index is -1.06. The second-order valence-electron chi connectivity index (χ2n) is 8.88. The zero-order valence-corrected chi connectivity index (χ0v) is 17.8. The summed E-state index contributed by atoms with van der Waals surface area (Å²) in [5.41, 5.74) is 2.38. The second kappa shape index (κ2) is 7.69. The zero-order chi connectivity index (χ0) is 22.3. The molecule has 2 aliphatic rings. The maximum Gasteiger partial charge on any atom is 0.335 e. The van der Waals surface area contributed by atoms with Crippen LogP contribution in [0.25, 0.3) is 0 Å². The van der Waals surface area contributed by atoms with Crippen molar-refractivity contribution in [2.75, 3.05) is 12.0 Å². The van der Waals surface area contributed by atoms with E-state index in [1.165, 1.54) is 12.1 Å². The molecule has 0 fully saturated rings. The van der Waals surface area contributed by atoms with E-state index in [4.69, 9.17) is 4.74 Å². The van der Waals surface area contributed by atoms with Gasteiger partial charge in [-0.15, -0.1) is 0 Å². The van der Waals surface area contributed by atoms with Crippen molar-refractivity contribution in [1.82, 2.24) is 0 Å². The van der Waals surface area contributed by atoms with E-state index in [1.54, 1.807) is 24.1 Å². The quantitative estimate of drug-likeness (QED) is 0.786. The van der Waals surface area contributed by atoms with Crippen molar-refractivity contribution in [3.05, 3.63) is 70.9 Å². The number of nitrogens with zero attached hydrogens (tertiary/aromatic N) is 1. The number of carboxylic acids is 1. The highest BCUT2D eigenvalue weighted by Gasteiger charge is 2.45. The number of hydrogen-bond donors (Lipinski definition) is 1. The molecular formula is C25H25NO5. The van der Waals surface area contributed by atoms with Gasteiger partial charge in [-0.05, 0) is 36.1 Å². The third-order valence-electron chi connectivity index (χ3n) is 6.01. The number of benzene rings is 2. The van der Waals surface area contributed by atoms with Crippen molar-refractivity contribution in [3.8, 4) is 5.75 Å². The SMILES string of the molecule is COc1ccccc1C1CC(=O)N(c2cccc(C(=O)O)c2)C2=C1C(=O)CC(C)(C)C2. The molecule has 1 amide bonds. The molecule has 0 saturated carbocycles. The standard InChI is InChI=1S/C25H25NO5/c1-25(2)13-19-23(20(27)14-25)18(17-9-4-5-10-21(17)31-3)12-22(28)26(19)16-8-6-7-15(11-16)24(29)30/h4-11,18H,12-14H2,1-3H3,(H,29,30). The van der Waals surface area contributed by atoms with Crippen LogP contribution in [0.5, 0.6) is 5.75 Å². The first-order valence-corrected chi connectivity index (χ1v) is 10.3. The molecule has 1 aliphatic carbocycles. The molecule has 0 bridgehead atoms. The number of para-hydroxylation sites is 1. The van der Waals surface area contributed by atoms with Crippen LogP contribution in [0.4, 0.5) is 5.69 Å². The lowest BCUT2D eigenvalue weighted by Gasteiger charge is -2.43. The molecule has 2 aromatic rings. The van der Waals surface area contributed by atoms with Crippen molar-refractivity contribution < 1.29 is 24.2 Å². The Morgan fingerprint density at radius 3 is 2.55 bits per heavy atom. The van der Waals surface area contributed by atoms with Crippen LogP contribution in [0.15, 0.2) is 59.8 Å². The Bertz CT molecular complexity index is 1110. The second-order valence-corrected chi connectivity index (χ2v) is 8.88. The number of rotatable bonds is 4. The van der Waals surface area contributed by atoms with E-state index in [0.29, 0.717) is 35.5 Å². The van der Waals surface area contributed by atoms with Crippen molar-refractivity contribution in [3.63, 3.8) is 0 Å². The topological polar surface area (TPSA) is 83.9 Å². The summed E-state index contributed by atoms with van der Waals surface area (Å²) in [6, 6.07) is 13.8. The molecular weight excluding hydrogens is 394 g/mol. The van der Waals surface area contributed by atoms with Crippen LogP contribution in [0.2, 0.25) is 0 Å². The Kier molecular flexibility index (Phi) is 5.17. The van der Waals surface area contributed by atoms with Crippen molar-refractivity contribution in [2.24, 2.45) is 5.41 Å². The van der Waals surface area contributed by atoms with Crippen LogP contribution in [0.1, 0.15) is 54.9 Å². The van der Waals surface area contributed by atoms with Crippen molar-refractivity contribution >= 4 is 23.3 Å². The Morgan fingerprint density at radius 2 is 1.84 bits per heavy atom. The molecule has 0 radical (unpaired) electrons. The molecule has 0 spiro atoms. The summed E-state index contributed by atoms with van der Waals surface area (Å²) in [4.78, 5) is 39.8. The minimum absolute atomic E-state index is 0.0223. The van der Waals surface area contributed by atoms with E-state index in [1.807, 2.05) is 38.1 Å². The van der Waals surface area contributed by atoms with Crippen molar-refractivity contribution in [1.29, 1.82) is 0 Å². The molecule has 1 heterocycles. The maximum atomic E-state index is 13.4. The van der Waals surface area contributed by atoms with Crippen LogP contribution in [0, 0.1) is 5.41 Å². The Morgan fingerprint density at radius 1 is 1.10 bits per heavy atom. The van der Waals surface area contributed by atoms with Gasteiger partial charge in [0.05, 0.1) is 12.7 Å². The fourth-order valence-corrected chi connectivity index (χ4v) is 4.71. The fraction of sp³-hybridized carbons (Fsp3) is 0.320. The number of amides is 1. The molecule has 1 atom stereocenters. The number of ketones is 1. The number of carbonyl (C=O) groups excluding carboxylic acids is 2. The van der Waals surface area contributed by atoms with E-state index in [0.717, 1.165) is 5.56 Å². The number of allylic oxidation sites excluding steroid dienone is 2. The summed E-state index contributed by atoms with van der Waals surface area (Å²) < 4.78 is 5.52. The van der Waals surface area contributed by atoms with Crippen LogP contribution >= 0.6 is 0 Å². The van der Waals surface area contributed by atoms with E-state index >= 15 is 0 Å². The summed E-state index contributed by atoms with van der Waals surface area (Å²) in [5.74, 6) is -0.948. The smallest absolute Gasteiger partial charge is 0.335 e. The molecule has 31 heavy (non-hydrogen) atoms. The van der Waals surface area contributed by atoms with E-state index in [-0.39, 0.29) is 35.0 Å². The highest BCUT2D eigenvalue weighted by atomic mass is 16.5. The van der Waals surface area contributed by atoms with Gasteiger partial charge in [-0.3, -0.25) is 14.5 Å². The molecule has 1 aliphatic heterocycles. The van der Waals surface area contributed by atoms with Gasteiger partial charge in [0.1, 0.15) is 5.75 Å². The molecule has 2 aromatic carbocycles. The van der Waals surface area contributed by atoms with Gasteiger partial charge in [0.15, 0.2) is 5.78 Å². The predicted molar refractivity (Wildman–Crippen MR) is 116 cm³/mol. The maximum absolute atomic E-state index is 13.4. The van der Waals surface area contributed by atoms with E-state index < -0.39 is 5.97 Å². The first-order valence-electron chi connectivity index (χ1n) is 10.3.